The monoisotopic (exact) mass is 441 g/mol. The molecule has 0 radical (unpaired) electrons. The van der Waals surface area contributed by atoms with Crippen LogP contribution in [0.15, 0.2) is 48.5 Å². The Kier molecular flexibility index (Phi) is 6.76. The van der Waals surface area contributed by atoms with Gasteiger partial charge < -0.3 is 10.3 Å². The van der Waals surface area contributed by atoms with E-state index in [-0.39, 0.29) is 11.9 Å². The molecular formula is C24H25Cl2N3O. The zero-order valence-corrected chi connectivity index (χ0v) is 18.3. The van der Waals surface area contributed by atoms with Gasteiger partial charge in [0.15, 0.2) is 5.82 Å². The number of imidazole rings is 1. The second-order valence-electron chi connectivity index (χ2n) is 7.93. The second kappa shape index (κ2) is 9.67. The summed E-state index contributed by atoms with van der Waals surface area (Å²) in [5.41, 5.74) is 4.03. The van der Waals surface area contributed by atoms with Crippen molar-refractivity contribution in [3.05, 3.63) is 86.9 Å². The molecule has 1 fully saturated rings. The van der Waals surface area contributed by atoms with Crippen molar-refractivity contribution in [1.82, 2.24) is 15.3 Å². The van der Waals surface area contributed by atoms with Gasteiger partial charge in [0, 0.05) is 34.6 Å². The molecule has 0 atom stereocenters. The highest BCUT2D eigenvalue weighted by atomic mass is 35.5. The van der Waals surface area contributed by atoms with Gasteiger partial charge in [0.25, 0.3) is 5.91 Å². The van der Waals surface area contributed by atoms with Gasteiger partial charge in [0.2, 0.25) is 0 Å². The van der Waals surface area contributed by atoms with E-state index in [4.69, 9.17) is 23.2 Å². The van der Waals surface area contributed by atoms with Crippen LogP contribution in [0.2, 0.25) is 10.0 Å². The van der Waals surface area contributed by atoms with E-state index in [1.54, 1.807) is 0 Å². The Labute approximate surface area is 187 Å². The van der Waals surface area contributed by atoms with Gasteiger partial charge in [-0.1, -0.05) is 66.7 Å². The van der Waals surface area contributed by atoms with Crippen molar-refractivity contribution in [2.24, 2.45) is 0 Å². The molecule has 4 nitrogen and oxygen atoms in total. The predicted octanol–water partition coefficient (Wildman–Crippen LogP) is 5.96. The summed E-state index contributed by atoms with van der Waals surface area (Å²) in [5, 5.41) is 4.56. The molecule has 2 N–H and O–H groups in total. The van der Waals surface area contributed by atoms with Gasteiger partial charge in [-0.15, -0.1) is 0 Å². The third-order valence-electron chi connectivity index (χ3n) is 5.60. The first-order chi connectivity index (χ1) is 14.6. The lowest BCUT2D eigenvalue weighted by Crippen LogP contribution is -2.36. The van der Waals surface area contributed by atoms with E-state index < -0.39 is 0 Å². The summed E-state index contributed by atoms with van der Waals surface area (Å²) in [6.45, 7) is 0. The summed E-state index contributed by atoms with van der Waals surface area (Å²) < 4.78 is 0. The largest absolute Gasteiger partial charge is 0.347 e. The minimum absolute atomic E-state index is 0.124. The van der Waals surface area contributed by atoms with Gasteiger partial charge in [-0.3, -0.25) is 4.79 Å². The fourth-order valence-corrected chi connectivity index (χ4v) is 4.20. The number of amides is 1. The first-order valence-corrected chi connectivity index (χ1v) is 11.2. The quantitative estimate of drug-likeness (QED) is 0.495. The molecule has 1 aliphatic rings. The number of nitrogens with zero attached hydrogens (tertiary/aromatic N) is 1. The molecule has 1 amide bonds. The van der Waals surface area contributed by atoms with Crippen LogP contribution < -0.4 is 5.32 Å². The van der Waals surface area contributed by atoms with Crippen molar-refractivity contribution in [3.8, 4) is 0 Å². The molecular weight excluding hydrogens is 417 g/mol. The normalized spacial score (nSPS) is 14.6. The Hall–Kier alpha value is -2.30. The predicted molar refractivity (Wildman–Crippen MR) is 121 cm³/mol. The van der Waals surface area contributed by atoms with Gasteiger partial charge in [0.05, 0.1) is 5.69 Å². The number of aromatic nitrogens is 2. The van der Waals surface area contributed by atoms with Crippen molar-refractivity contribution in [2.75, 3.05) is 0 Å². The van der Waals surface area contributed by atoms with Crippen LogP contribution in [0.25, 0.3) is 0 Å². The number of hydrogen-bond donors (Lipinski definition) is 2. The van der Waals surface area contributed by atoms with Crippen LogP contribution in [0.5, 0.6) is 0 Å². The van der Waals surface area contributed by atoms with Crippen LogP contribution in [0.4, 0.5) is 0 Å². The zero-order chi connectivity index (χ0) is 20.9. The van der Waals surface area contributed by atoms with Gasteiger partial charge >= 0.3 is 0 Å². The number of aromatic amines is 1. The molecule has 1 aromatic heterocycles. The number of benzene rings is 2. The van der Waals surface area contributed by atoms with E-state index in [0.29, 0.717) is 28.7 Å². The van der Waals surface area contributed by atoms with E-state index >= 15 is 0 Å². The average Bonchev–Trinajstić information content (AvgIpc) is 3.14. The van der Waals surface area contributed by atoms with Crippen LogP contribution in [-0.2, 0) is 12.8 Å². The second-order valence-corrected chi connectivity index (χ2v) is 8.80. The topological polar surface area (TPSA) is 57.8 Å². The highest BCUT2D eigenvalue weighted by molar-refractivity contribution is 6.30. The van der Waals surface area contributed by atoms with Crippen LogP contribution in [-0.4, -0.2) is 21.9 Å². The Morgan fingerprint density at radius 3 is 2.07 bits per heavy atom. The summed E-state index contributed by atoms with van der Waals surface area (Å²) >= 11 is 12.0. The lowest BCUT2D eigenvalue weighted by atomic mass is 9.95. The molecule has 6 heteroatoms. The molecule has 0 unspecified atom stereocenters. The number of carbonyl (C=O) groups is 1. The molecule has 4 rings (SSSR count). The Bertz CT molecular complexity index is 925. The number of H-pyrrole nitrogens is 1. The molecule has 2 aromatic carbocycles. The van der Waals surface area contributed by atoms with E-state index in [9.17, 15) is 4.79 Å². The van der Waals surface area contributed by atoms with Crippen LogP contribution >= 0.6 is 23.2 Å². The minimum Gasteiger partial charge on any atom is -0.347 e. The van der Waals surface area contributed by atoms with Gasteiger partial charge in [-0.05, 0) is 48.2 Å². The first-order valence-electron chi connectivity index (χ1n) is 10.4. The summed E-state index contributed by atoms with van der Waals surface area (Å²) in [5.74, 6) is 0.259. The number of carbonyl (C=O) groups excluding carboxylic acids is 1. The summed E-state index contributed by atoms with van der Waals surface area (Å²) in [6, 6.07) is 15.7. The third kappa shape index (κ3) is 5.44. The van der Waals surface area contributed by atoms with Crippen molar-refractivity contribution in [1.29, 1.82) is 0 Å². The highest BCUT2D eigenvalue weighted by Crippen LogP contribution is 2.21. The Morgan fingerprint density at radius 2 is 1.47 bits per heavy atom. The number of nitrogens with one attached hydrogen (secondary N) is 2. The summed E-state index contributed by atoms with van der Waals surface area (Å²) in [7, 11) is 0. The summed E-state index contributed by atoms with van der Waals surface area (Å²) in [6.07, 6.45) is 6.98. The molecule has 156 valence electrons. The number of rotatable bonds is 6. The van der Waals surface area contributed by atoms with Crippen LogP contribution in [0, 0.1) is 0 Å². The van der Waals surface area contributed by atoms with Gasteiger partial charge in [-0.25, -0.2) is 4.98 Å². The Morgan fingerprint density at radius 1 is 0.900 bits per heavy atom. The zero-order valence-electron chi connectivity index (χ0n) is 16.8. The molecule has 0 saturated heterocycles. The molecule has 30 heavy (non-hydrogen) atoms. The number of halogens is 2. The van der Waals surface area contributed by atoms with E-state index in [2.05, 4.69) is 15.3 Å². The molecule has 0 aliphatic heterocycles. The van der Waals surface area contributed by atoms with Crippen molar-refractivity contribution in [2.45, 2.75) is 51.0 Å². The maximum absolute atomic E-state index is 12.8. The van der Waals surface area contributed by atoms with Gasteiger partial charge in [0.1, 0.15) is 0 Å². The first kappa shape index (κ1) is 21.0. The molecule has 1 aliphatic carbocycles. The van der Waals surface area contributed by atoms with E-state index in [1.165, 1.54) is 19.3 Å². The maximum Gasteiger partial charge on any atom is 0.287 e. The fourth-order valence-electron chi connectivity index (χ4n) is 3.95. The Balaban J connectivity index is 1.57. The SMILES string of the molecule is O=C(NC1CCCCC1)c1nc(Cc2ccc(Cl)cc2)c(Cc2ccc(Cl)cc2)[nH]1. The maximum atomic E-state index is 12.8. The van der Waals surface area contributed by atoms with Crippen molar-refractivity contribution >= 4 is 29.1 Å². The fraction of sp³-hybridized carbons (Fsp3) is 0.333. The molecule has 3 aromatic rings. The van der Waals surface area contributed by atoms with Crippen LogP contribution in [0.1, 0.15) is 65.2 Å². The van der Waals surface area contributed by atoms with Crippen LogP contribution in [0.3, 0.4) is 0 Å². The van der Waals surface area contributed by atoms with Gasteiger partial charge in [-0.2, -0.15) is 0 Å². The van der Waals surface area contributed by atoms with Crippen molar-refractivity contribution in [3.63, 3.8) is 0 Å². The van der Waals surface area contributed by atoms with Crippen molar-refractivity contribution < 1.29 is 4.79 Å². The van der Waals surface area contributed by atoms with E-state index in [1.807, 2.05) is 48.5 Å². The number of hydrogen-bond acceptors (Lipinski definition) is 2. The molecule has 0 spiro atoms. The minimum atomic E-state index is -0.124. The smallest absolute Gasteiger partial charge is 0.287 e. The third-order valence-corrected chi connectivity index (χ3v) is 6.10. The lowest BCUT2D eigenvalue weighted by molar-refractivity contribution is 0.0918. The molecule has 0 bridgehead atoms. The lowest BCUT2D eigenvalue weighted by Gasteiger charge is -2.22. The molecule has 1 saturated carbocycles. The standard InChI is InChI=1S/C24H25Cl2N3O/c25-18-10-6-16(7-11-18)14-21-22(15-17-8-12-19(26)13-9-17)29-23(28-21)24(30)27-20-4-2-1-3-5-20/h6-13,20H,1-5,14-15H2,(H,27,30)(H,28,29). The molecule has 1 heterocycles. The highest BCUT2D eigenvalue weighted by Gasteiger charge is 2.21. The summed E-state index contributed by atoms with van der Waals surface area (Å²) in [4.78, 5) is 20.8. The van der Waals surface area contributed by atoms with E-state index in [0.717, 1.165) is 35.4 Å². The average molecular weight is 442 g/mol.